The second kappa shape index (κ2) is 6.53. The van der Waals surface area contributed by atoms with Crippen molar-refractivity contribution in [1.82, 2.24) is 9.97 Å². The van der Waals surface area contributed by atoms with Gasteiger partial charge in [0, 0.05) is 12.1 Å². The molecule has 0 aliphatic heterocycles. The second-order valence-electron chi connectivity index (χ2n) is 3.98. The smallest absolute Gasteiger partial charge is 0.223 e. The van der Waals surface area contributed by atoms with Gasteiger partial charge < -0.3 is 11.1 Å². The molecule has 0 aliphatic rings. The van der Waals surface area contributed by atoms with Gasteiger partial charge in [-0.25, -0.2) is 4.98 Å². The molecule has 0 aromatic carbocycles. The summed E-state index contributed by atoms with van der Waals surface area (Å²) in [6.45, 7) is 4.32. The lowest BCUT2D eigenvalue weighted by Crippen LogP contribution is -2.16. The molecule has 4 nitrogen and oxygen atoms in total. The Kier molecular flexibility index (Phi) is 5.32. The molecule has 1 atom stereocenters. The summed E-state index contributed by atoms with van der Waals surface area (Å²) >= 11 is 5.79. The number of unbranched alkanes of at least 4 members (excludes halogenated alkanes) is 2. The number of rotatable bonds is 6. The molecule has 3 N–H and O–H groups in total. The molecule has 1 aromatic rings. The molecule has 5 heteroatoms. The van der Waals surface area contributed by atoms with Gasteiger partial charge in [0.2, 0.25) is 5.95 Å². The monoisotopic (exact) mass is 242 g/mol. The van der Waals surface area contributed by atoms with E-state index in [9.17, 15) is 0 Å². The van der Waals surface area contributed by atoms with Crippen molar-refractivity contribution in [3.8, 4) is 0 Å². The van der Waals surface area contributed by atoms with Crippen molar-refractivity contribution in [2.45, 2.75) is 45.6 Å². The fraction of sp³-hybridized carbons (Fsp3) is 0.636. The lowest BCUT2D eigenvalue weighted by atomic mass is 10.1. The maximum Gasteiger partial charge on any atom is 0.223 e. The molecule has 1 unspecified atom stereocenters. The summed E-state index contributed by atoms with van der Waals surface area (Å²) in [4.78, 5) is 7.88. The van der Waals surface area contributed by atoms with Gasteiger partial charge in [-0.3, -0.25) is 0 Å². The highest BCUT2D eigenvalue weighted by atomic mass is 35.5. The molecule has 16 heavy (non-hydrogen) atoms. The van der Waals surface area contributed by atoms with Crippen LogP contribution >= 0.6 is 11.6 Å². The summed E-state index contributed by atoms with van der Waals surface area (Å²) in [5.41, 5.74) is 5.51. The third-order valence-corrected chi connectivity index (χ3v) is 2.54. The Bertz CT molecular complexity index is 310. The molecular weight excluding hydrogens is 224 g/mol. The Morgan fingerprint density at radius 1 is 1.44 bits per heavy atom. The van der Waals surface area contributed by atoms with Gasteiger partial charge in [0.25, 0.3) is 0 Å². The summed E-state index contributed by atoms with van der Waals surface area (Å²) in [6, 6.07) is 2.06. The second-order valence-corrected chi connectivity index (χ2v) is 4.36. The SMILES string of the molecule is CCCCCC(C)Nc1cc(Cl)nc(N)n1. The number of hydrogen-bond acceptors (Lipinski definition) is 4. The quantitative estimate of drug-likeness (QED) is 0.594. The zero-order valence-electron chi connectivity index (χ0n) is 9.83. The average Bonchev–Trinajstić information content (AvgIpc) is 2.16. The minimum absolute atomic E-state index is 0.204. The third kappa shape index (κ3) is 4.66. The first-order chi connectivity index (χ1) is 7.61. The molecule has 0 fully saturated rings. The van der Waals surface area contributed by atoms with Crippen molar-refractivity contribution in [3.05, 3.63) is 11.2 Å². The third-order valence-electron chi connectivity index (χ3n) is 2.35. The summed E-state index contributed by atoms with van der Waals surface area (Å²) in [6.07, 6.45) is 4.84. The Morgan fingerprint density at radius 3 is 2.81 bits per heavy atom. The molecule has 0 spiro atoms. The number of nitrogens with one attached hydrogen (secondary N) is 1. The van der Waals surface area contributed by atoms with Crippen LogP contribution in [0.25, 0.3) is 0 Å². The number of halogens is 1. The summed E-state index contributed by atoms with van der Waals surface area (Å²) in [7, 11) is 0. The topological polar surface area (TPSA) is 63.8 Å². The first kappa shape index (κ1) is 13.0. The highest BCUT2D eigenvalue weighted by Gasteiger charge is 2.05. The normalized spacial score (nSPS) is 12.4. The number of aromatic nitrogens is 2. The number of nitrogens with zero attached hydrogens (tertiary/aromatic N) is 2. The van der Waals surface area contributed by atoms with E-state index in [1.54, 1.807) is 6.07 Å². The van der Waals surface area contributed by atoms with E-state index in [-0.39, 0.29) is 5.95 Å². The van der Waals surface area contributed by atoms with Crippen molar-refractivity contribution in [2.24, 2.45) is 0 Å². The molecule has 0 saturated heterocycles. The zero-order chi connectivity index (χ0) is 12.0. The number of nitrogen functional groups attached to an aromatic ring is 1. The largest absolute Gasteiger partial charge is 0.368 e. The van der Waals surface area contributed by atoms with Gasteiger partial charge in [0.15, 0.2) is 0 Å². The van der Waals surface area contributed by atoms with Crippen LogP contribution in [-0.4, -0.2) is 16.0 Å². The summed E-state index contributed by atoms with van der Waals surface area (Å²) in [5, 5.41) is 3.64. The van der Waals surface area contributed by atoms with Crippen LogP contribution in [0.3, 0.4) is 0 Å². The van der Waals surface area contributed by atoms with Gasteiger partial charge in [-0.2, -0.15) is 4.98 Å². The molecule has 0 bridgehead atoms. The maximum atomic E-state index is 5.79. The van der Waals surface area contributed by atoms with Crippen molar-refractivity contribution in [3.63, 3.8) is 0 Å². The summed E-state index contributed by atoms with van der Waals surface area (Å²) in [5.74, 6) is 0.900. The molecule has 0 saturated carbocycles. The van der Waals surface area contributed by atoms with E-state index < -0.39 is 0 Å². The van der Waals surface area contributed by atoms with Crippen LogP contribution < -0.4 is 11.1 Å². The Morgan fingerprint density at radius 2 is 2.19 bits per heavy atom. The Hall–Kier alpha value is -1.03. The molecule has 1 rings (SSSR count). The van der Waals surface area contributed by atoms with E-state index in [1.807, 2.05) is 0 Å². The van der Waals surface area contributed by atoms with E-state index in [4.69, 9.17) is 17.3 Å². The van der Waals surface area contributed by atoms with E-state index in [2.05, 4.69) is 29.1 Å². The van der Waals surface area contributed by atoms with Gasteiger partial charge >= 0.3 is 0 Å². The molecule has 1 aromatic heterocycles. The fourth-order valence-electron chi connectivity index (χ4n) is 1.53. The maximum absolute atomic E-state index is 5.79. The van der Waals surface area contributed by atoms with E-state index in [0.29, 0.717) is 17.0 Å². The lowest BCUT2D eigenvalue weighted by molar-refractivity contribution is 0.614. The Balaban J connectivity index is 2.45. The van der Waals surface area contributed by atoms with Gasteiger partial charge in [0.1, 0.15) is 11.0 Å². The van der Waals surface area contributed by atoms with Gasteiger partial charge in [-0.1, -0.05) is 37.8 Å². The Labute approximate surface area is 102 Å². The van der Waals surface area contributed by atoms with Gasteiger partial charge in [-0.15, -0.1) is 0 Å². The molecule has 0 aliphatic carbocycles. The first-order valence-corrected chi connectivity index (χ1v) is 6.06. The molecule has 0 amide bonds. The highest BCUT2D eigenvalue weighted by molar-refractivity contribution is 6.29. The molecule has 0 radical (unpaired) electrons. The van der Waals surface area contributed by atoms with Crippen LogP contribution in [0.2, 0.25) is 5.15 Å². The van der Waals surface area contributed by atoms with E-state index in [1.165, 1.54) is 19.3 Å². The van der Waals surface area contributed by atoms with Crippen molar-refractivity contribution in [2.75, 3.05) is 11.1 Å². The van der Waals surface area contributed by atoms with Crippen molar-refractivity contribution < 1.29 is 0 Å². The van der Waals surface area contributed by atoms with Crippen LogP contribution in [0.1, 0.15) is 39.5 Å². The van der Waals surface area contributed by atoms with Crippen LogP contribution in [-0.2, 0) is 0 Å². The minimum Gasteiger partial charge on any atom is -0.368 e. The predicted octanol–water partition coefficient (Wildman–Crippen LogP) is 3.09. The fourth-order valence-corrected chi connectivity index (χ4v) is 1.72. The summed E-state index contributed by atoms with van der Waals surface area (Å²) < 4.78 is 0. The van der Waals surface area contributed by atoms with E-state index in [0.717, 1.165) is 6.42 Å². The number of nitrogens with two attached hydrogens (primary N) is 1. The van der Waals surface area contributed by atoms with Crippen LogP contribution in [0.4, 0.5) is 11.8 Å². The first-order valence-electron chi connectivity index (χ1n) is 5.68. The number of hydrogen-bond donors (Lipinski definition) is 2. The predicted molar refractivity (Wildman–Crippen MR) is 68.7 cm³/mol. The standard InChI is InChI=1S/C11H19ClN4/c1-3-4-5-6-8(2)14-10-7-9(12)15-11(13)16-10/h7-8H,3-6H2,1-2H3,(H3,13,14,15,16). The van der Waals surface area contributed by atoms with E-state index >= 15 is 0 Å². The number of anilines is 2. The average molecular weight is 243 g/mol. The highest BCUT2D eigenvalue weighted by Crippen LogP contribution is 2.14. The van der Waals surface area contributed by atoms with Crippen LogP contribution in [0.5, 0.6) is 0 Å². The van der Waals surface area contributed by atoms with Gasteiger partial charge in [0.05, 0.1) is 0 Å². The molecular formula is C11H19ClN4. The minimum atomic E-state index is 0.204. The van der Waals surface area contributed by atoms with Crippen LogP contribution in [0, 0.1) is 0 Å². The molecule has 1 heterocycles. The zero-order valence-corrected chi connectivity index (χ0v) is 10.6. The van der Waals surface area contributed by atoms with Crippen LogP contribution in [0.15, 0.2) is 6.07 Å². The van der Waals surface area contributed by atoms with Crippen molar-refractivity contribution >= 4 is 23.4 Å². The lowest BCUT2D eigenvalue weighted by Gasteiger charge is -2.14. The van der Waals surface area contributed by atoms with Crippen molar-refractivity contribution in [1.29, 1.82) is 0 Å². The van der Waals surface area contributed by atoms with Gasteiger partial charge in [-0.05, 0) is 13.3 Å². The molecule has 90 valence electrons.